The van der Waals surface area contributed by atoms with Crippen molar-refractivity contribution >= 4 is 34.8 Å². The highest BCUT2D eigenvalue weighted by Crippen LogP contribution is 2.29. The van der Waals surface area contributed by atoms with Crippen LogP contribution in [-0.4, -0.2) is 66.4 Å². The summed E-state index contributed by atoms with van der Waals surface area (Å²) in [6.07, 6.45) is 0. The highest BCUT2D eigenvalue weighted by molar-refractivity contribution is 6.30. The lowest BCUT2D eigenvalue weighted by atomic mass is 10.2. The molecule has 2 amide bonds. The summed E-state index contributed by atoms with van der Waals surface area (Å²) in [5.41, 5.74) is 0.826. The van der Waals surface area contributed by atoms with Crippen molar-refractivity contribution in [1.82, 2.24) is 9.80 Å². The molecule has 158 valence electrons. The second kappa shape index (κ2) is 9.55. The van der Waals surface area contributed by atoms with Gasteiger partial charge in [0.15, 0.2) is 0 Å². The molecule has 0 spiro atoms. The average molecular weight is 433 g/mol. The van der Waals surface area contributed by atoms with Crippen molar-refractivity contribution in [2.24, 2.45) is 0 Å². The first-order valence-electron chi connectivity index (χ1n) is 9.27. The number of nitrogens with zero attached hydrogens (tertiary/aromatic N) is 3. The minimum absolute atomic E-state index is 0.0635. The normalized spacial score (nSPS) is 14.3. The van der Waals surface area contributed by atoms with E-state index in [0.29, 0.717) is 42.5 Å². The van der Waals surface area contributed by atoms with Gasteiger partial charge in [-0.2, -0.15) is 0 Å². The number of ether oxygens (including phenoxy) is 1. The van der Waals surface area contributed by atoms with Gasteiger partial charge in [0.05, 0.1) is 30.3 Å². The molecule has 1 saturated heterocycles. The highest BCUT2D eigenvalue weighted by Gasteiger charge is 2.23. The molecule has 1 aliphatic heterocycles. The monoisotopic (exact) mass is 432 g/mol. The van der Waals surface area contributed by atoms with E-state index in [0.717, 1.165) is 0 Å². The molecule has 3 rings (SSSR count). The lowest BCUT2D eigenvalue weighted by molar-refractivity contribution is -0.384. The van der Waals surface area contributed by atoms with Crippen LogP contribution in [0.15, 0.2) is 42.5 Å². The van der Waals surface area contributed by atoms with Crippen LogP contribution >= 0.6 is 11.6 Å². The van der Waals surface area contributed by atoms with Gasteiger partial charge in [0, 0.05) is 42.8 Å². The summed E-state index contributed by atoms with van der Waals surface area (Å²) >= 11 is 5.86. The first-order chi connectivity index (χ1) is 14.4. The number of carbonyl (C=O) groups is 2. The van der Waals surface area contributed by atoms with Gasteiger partial charge in [-0.1, -0.05) is 11.6 Å². The molecule has 1 fully saturated rings. The summed E-state index contributed by atoms with van der Waals surface area (Å²) < 4.78 is 5.13. The average Bonchev–Trinajstić information content (AvgIpc) is 2.74. The first-order valence-corrected chi connectivity index (χ1v) is 9.64. The Hall–Kier alpha value is -3.17. The molecule has 0 saturated carbocycles. The standard InChI is InChI=1S/C20H21ClN4O5/c1-30-18-12-16(25(28)29)6-7-17(18)22-19(26)13-23-8-10-24(11-9-23)20(27)14-2-4-15(21)5-3-14/h2-7,12H,8-11,13H2,1H3,(H,22,26). The Morgan fingerprint density at radius 2 is 1.80 bits per heavy atom. The fraction of sp³-hybridized carbons (Fsp3) is 0.300. The summed E-state index contributed by atoms with van der Waals surface area (Å²) in [6.45, 7) is 2.28. The Morgan fingerprint density at radius 1 is 1.13 bits per heavy atom. The Kier molecular flexibility index (Phi) is 6.86. The number of amides is 2. The minimum atomic E-state index is -0.529. The summed E-state index contributed by atoms with van der Waals surface area (Å²) in [5, 5.41) is 14.2. The van der Waals surface area contributed by atoms with E-state index in [4.69, 9.17) is 16.3 Å². The van der Waals surface area contributed by atoms with E-state index in [9.17, 15) is 19.7 Å². The number of anilines is 1. The van der Waals surface area contributed by atoms with Crippen molar-refractivity contribution < 1.29 is 19.2 Å². The van der Waals surface area contributed by atoms with Gasteiger partial charge in [-0.25, -0.2) is 0 Å². The quantitative estimate of drug-likeness (QED) is 0.555. The number of hydrogen-bond acceptors (Lipinski definition) is 6. The molecular weight excluding hydrogens is 412 g/mol. The third-order valence-electron chi connectivity index (χ3n) is 4.79. The summed E-state index contributed by atoms with van der Waals surface area (Å²) in [7, 11) is 1.38. The number of nitro groups is 1. The van der Waals surface area contributed by atoms with Gasteiger partial charge in [0.2, 0.25) is 5.91 Å². The zero-order valence-corrected chi connectivity index (χ0v) is 17.1. The van der Waals surface area contributed by atoms with Crippen LogP contribution in [0.4, 0.5) is 11.4 Å². The van der Waals surface area contributed by atoms with E-state index in [2.05, 4.69) is 5.32 Å². The Bertz CT molecular complexity index is 943. The van der Waals surface area contributed by atoms with E-state index < -0.39 is 4.92 Å². The molecule has 0 aliphatic carbocycles. The number of rotatable bonds is 6. The van der Waals surface area contributed by atoms with Crippen LogP contribution in [-0.2, 0) is 4.79 Å². The number of non-ortho nitro benzene ring substituents is 1. The summed E-state index contributed by atoms with van der Waals surface area (Å²) in [4.78, 5) is 39.0. The number of benzene rings is 2. The molecule has 10 heteroatoms. The SMILES string of the molecule is COc1cc([N+](=O)[O-])ccc1NC(=O)CN1CCN(C(=O)c2ccc(Cl)cc2)CC1. The van der Waals surface area contributed by atoms with Crippen LogP contribution < -0.4 is 10.1 Å². The summed E-state index contributed by atoms with van der Waals surface area (Å²) in [5.74, 6) is -0.109. The van der Waals surface area contributed by atoms with Crippen LogP contribution in [0.5, 0.6) is 5.75 Å². The topological polar surface area (TPSA) is 105 Å². The molecule has 9 nitrogen and oxygen atoms in total. The fourth-order valence-corrected chi connectivity index (χ4v) is 3.30. The molecular formula is C20H21ClN4O5. The van der Waals surface area contributed by atoms with Crippen LogP contribution in [0.3, 0.4) is 0 Å². The van der Waals surface area contributed by atoms with Crippen LogP contribution in [0.2, 0.25) is 5.02 Å². The van der Waals surface area contributed by atoms with E-state index in [1.54, 1.807) is 29.2 Å². The number of nitrogens with one attached hydrogen (secondary N) is 1. The lowest BCUT2D eigenvalue weighted by Gasteiger charge is -2.34. The maximum atomic E-state index is 12.6. The largest absolute Gasteiger partial charge is 0.494 e. The van der Waals surface area contributed by atoms with Gasteiger partial charge < -0.3 is 15.0 Å². The predicted octanol–water partition coefficient (Wildman–Crippen LogP) is 2.65. The zero-order valence-electron chi connectivity index (χ0n) is 16.3. The minimum Gasteiger partial charge on any atom is -0.494 e. The first kappa shape index (κ1) is 21.5. The lowest BCUT2D eigenvalue weighted by Crippen LogP contribution is -2.50. The molecule has 2 aromatic rings. The number of nitro benzene ring substituents is 1. The van der Waals surface area contributed by atoms with Crippen LogP contribution in [0.1, 0.15) is 10.4 Å². The molecule has 1 heterocycles. The van der Waals surface area contributed by atoms with Gasteiger partial charge in [0.1, 0.15) is 5.75 Å². The molecule has 1 N–H and O–H groups in total. The third-order valence-corrected chi connectivity index (χ3v) is 5.04. The smallest absolute Gasteiger partial charge is 0.273 e. The van der Waals surface area contributed by atoms with Crippen LogP contribution in [0, 0.1) is 10.1 Å². The van der Waals surface area contributed by atoms with Crippen molar-refractivity contribution in [3.8, 4) is 5.75 Å². The zero-order chi connectivity index (χ0) is 21.7. The summed E-state index contributed by atoms with van der Waals surface area (Å²) in [6, 6.07) is 10.8. The number of halogens is 1. The van der Waals surface area contributed by atoms with Crippen molar-refractivity contribution in [1.29, 1.82) is 0 Å². The maximum absolute atomic E-state index is 12.6. The van der Waals surface area contributed by atoms with Gasteiger partial charge in [-0.05, 0) is 30.3 Å². The van der Waals surface area contributed by atoms with E-state index in [1.807, 2.05) is 4.90 Å². The molecule has 0 atom stereocenters. The highest BCUT2D eigenvalue weighted by atomic mass is 35.5. The molecule has 0 aromatic heterocycles. The van der Waals surface area contributed by atoms with Crippen molar-refractivity contribution in [2.45, 2.75) is 0 Å². The third kappa shape index (κ3) is 5.25. The number of piperazine rings is 1. The fourth-order valence-electron chi connectivity index (χ4n) is 3.17. The number of hydrogen-bond donors (Lipinski definition) is 1. The molecule has 1 aliphatic rings. The predicted molar refractivity (Wildman–Crippen MR) is 112 cm³/mol. The van der Waals surface area contributed by atoms with Gasteiger partial charge in [-0.15, -0.1) is 0 Å². The van der Waals surface area contributed by atoms with Gasteiger partial charge in [-0.3, -0.25) is 24.6 Å². The van der Waals surface area contributed by atoms with E-state index >= 15 is 0 Å². The Balaban J connectivity index is 1.52. The number of methoxy groups -OCH3 is 1. The molecule has 0 unspecified atom stereocenters. The Labute approximate surface area is 178 Å². The van der Waals surface area contributed by atoms with E-state index in [1.165, 1.54) is 25.3 Å². The molecule has 0 radical (unpaired) electrons. The second-order valence-electron chi connectivity index (χ2n) is 6.77. The van der Waals surface area contributed by atoms with Crippen LogP contribution in [0.25, 0.3) is 0 Å². The number of carbonyl (C=O) groups excluding carboxylic acids is 2. The maximum Gasteiger partial charge on any atom is 0.273 e. The van der Waals surface area contributed by atoms with Crippen molar-refractivity contribution in [3.63, 3.8) is 0 Å². The van der Waals surface area contributed by atoms with Crippen molar-refractivity contribution in [3.05, 3.63) is 63.2 Å². The molecule has 0 bridgehead atoms. The molecule has 30 heavy (non-hydrogen) atoms. The van der Waals surface area contributed by atoms with Gasteiger partial charge in [0.25, 0.3) is 11.6 Å². The molecule has 2 aromatic carbocycles. The second-order valence-corrected chi connectivity index (χ2v) is 7.20. The van der Waals surface area contributed by atoms with Crippen molar-refractivity contribution in [2.75, 3.05) is 45.2 Å². The van der Waals surface area contributed by atoms with E-state index in [-0.39, 0.29) is 29.8 Å². The Morgan fingerprint density at radius 3 is 2.40 bits per heavy atom. The van der Waals surface area contributed by atoms with Gasteiger partial charge >= 0.3 is 0 Å².